The van der Waals surface area contributed by atoms with Crippen molar-refractivity contribution in [2.24, 2.45) is 0 Å². The van der Waals surface area contributed by atoms with Crippen molar-refractivity contribution in [3.05, 3.63) is 45.8 Å². The number of benzene rings is 1. The fourth-order valence-electron chi connectivity index (χ4n) is 1.34. The van der Waals surface area contributed by atoms with Gasteiger partial charge in [0.25, 0.3) is 5.91 Å². The molecule has 0 aliphatic carbocycles. The monoisotopic (exact) mass is 329 g/mol. The van der Waals surface area contributed by atoms with Crippen molar-refractivity contribution < 1.29 is 13.9 Å². The van der Waals surface area contributed by atoms with Crippen molar-refractivity contribution in [1.82, 2.24) is 0 Å². The summed E-state index contributed by atoms with van der Waals surface area (Å²) in [6, 6.07) is 8.20. The van der Waals surface area contributed by atoms with Crippen LogP contribution in [-0.4, -0.2) is 13.0 Å². The number of hydrogen-bond acceptors (Lipinski definition) is 3. The Morgan fingerprint density at radius 3 is 2.72 bits per heavy atom. The van der Waals surface area contributed by atoms with Gasteiger partial charge in [0.15, 0.2) is 10.4 Å². The number of nitrogens with one attached hydrogen (secondary N) is 1. The van der Waals surface area contributed by atoms with Crippen molar-refractivity contribution in [2.45, 2.75) is 0 Å². The molecule has 0 saturated carbocycles. The predicted molar refractivity (Wildman–Crippen MR) is 72.4 cm³/mol. The summed E-state index contributed by atoms with van der Waals surface area (Å²) in [6.07, 6.45) is 0. The van der Waals surface area contributed by atoms with Crippen LogP contribution in [0.3, 0.4) is 0 Å². The second-order valence-electron chi connectivity index (χ2n) is 3.40. The van der Waals surface area contributed by atoms with E-state index < -0.39 is 0 Å². The minimum atomic E-state index is -0.368. The SMILES string of the molecule is COc1ccc(NC(=O)c2ccc(Br)o2)c(Cl)c1. The van der Waals surface area contributed by atoms with Gasteiger partial charge < -0.3 is 14.5 Å². The Kier molecular flexibility index (Phi) is 3.93. The Morgan fingerprint density at radius 2 is 2.17 bits per heavy atom. The molecule has 0 aliphatic rings. The van der Waals surface area contributed by atoms with E-state index in [2.05, 4.69) is 21.2 Å². The molecule has 0 unspecified atom stereocenters. The van der Waals surface area contributed by atoms with Crippen LogP contribution in [-0.2, 0) is 0 Å². The minimum absolute atomic E-state index is 0.203. The Balaban J connectivity index is 2.16. The van der Waals surface area contributed by atoms with Crippen LogP contribution >= 0.6 is 27.5 Å². The molecule has 18 heavy (non-hydrogen) atoms. The molecule has 0 saturated heterocycles. The fraction of sp³-hybridized carbons (Fsp3) is 0.0833. The van der Waals surface area contributed by atoms with E-state index in [9.17, 15) is 4.79 Å². The van der Waals surface area contributed by atoms with Crippen molar-refractivity contribution in [2.75, 3.05) is 12.4 Å². The molecule has 0 aliphatic heterocycles. The number of hydrogen-bond donors (Lipinski definition) is 1. The van der Waals surface area contributed by atoms with Crippen LogP contribution in [0.25, 0.3) is 0 Å². The maximum atomic E-state index is 11.8. The summed E-state index contributed by atoms with van der Waals surface area (Å²) >= 11 is 9.14. The number of rotatable bonds is 3. The molecule has 1 aromatic heterocycles. The van der Waals surface area contributed by atoms with Crippen LogP contribution < -0.4 is 10.1 Å². The highest BCUT2D eigenvalue weighted by molar-refractivity contribution is 9.10. The number of anilines is 1. The third-order valence-corrected chi connectivity index (χ3v) is 2.96. The molecular formula is C12H9BrClNO3. The van der Waals surface area contributed by atoms with Crippen molar-refractivity contribution in [3.8, 4) is 5.75 Å². The van der Waals surface area contributed by atoms with Gasteiger partial charge in [-0.2, -0.15) is 0 Å². The highest BCUT2D eigenvalue weighted by Gasteiger charge is 2.12. The molecular weight excluding hydrogens is 321 g/mol. The van der Waals surface area contributed by atoms with Gasteiger partial charge in [-0.15, -0.1) is 0 Å². The molecule has 4 nitrogen and oxygen atoms in total. The molecule has 2 rings (SSSR count). The van der Waals surface area contributed by atoms with Crippen molar-refractivity contribution in [1.29, 1.82) is 0 Å². The maximum absolute atomic E-state index is 11.8. The highest BCUT2D eigenvalue weighted by atomic mass is 79.9. The standard InChI is InChI=1S/C12H9BrClNO3/c1-17-7-2-3-9(8(14)6-7)15-12(16)10-4-5-11(13)18-10/h2-6H,1H3,(H,15,16). The molecule has 0 fully saturated rings. The molecule has 0 spiro atoms. The molecule has 6 heteroatoms. The lowest BCUT2D eigenvalue weighted by molar-refractivity contribution is 0.0995. The molecule has 0 bridgehead atoms. The lowest BCUT2D eigenvalue weighted by atomic mass is 10.3. The second kappa shape index (κ2) is 5.46. The molecule has 94 valence electrons. The van der Waals surface area contributed by atoms with E-state index in [-0.39, 0.29) is 11.7 Å². The number of carbonyl (C=O) groups is 1. The van der Waals surface area contributed by atoms with Crippen LogP contribution in [0.4, 0.5) is 5.69 Å². The summed E-state index contributed by atoms with van der Waals surface area (Å²) in [7, 11) is 1.55. The Bertz CT molecular complexity index is 582. The molecule has 1 N–H and O–H groups in total. The average molecular weight is 331 g/mol. The summed E-state index contributed by atoms with van der Waals surface area (Å²) in [5.41, 5.74) is 0.495. The number of furan rings is 1. The van der Waals surface area contributed by atoms with Gasteiger partial charge in [0, 0.05) is 6.07 Å². The fourth-order valence-corrected chi connectivity index (χ4v) is 1.87. The highest BCUT2D eigenvalue weighted by Crippen LogP contribution is 2.27. The Hall–Kier alpha value is -1.46. The summed E-state index contributed by atoms with van der Waals surface area (Å²) in [5, 5.41) is 3.05. The van der Waals surface area contributed by atoms with Crippen LogP contribution in [0.5, 0.6) is 5.75 Å². The first kappa shape index (κ1) is 13.0. The van der Waals surface area contributed by atoms with Crippen molar-refractivity contribution >= 4 is 39.1 Å². The topological polar surface area (TPSA) is 51.5 Å². The van der Waals surface area contributed by atoms with Gasteiger partial charge in [0.05, 0.1) is 17.8 Å². The number of amides is 1. The van der Waals surface area contributed by atoms with Crippen LogP contribution in [0.1, 0.15) is 10.6 Å². The van der Waals surface area contributed by atoms with E-state index in [1.807, 2.05) is 0 Å². The molecule has 1 heterocycles. The number of halogens is 2. The third-order valence-electron chi connectivity index (χ3n) is 2.22. The molecule has 1 aromatic carbocycles. The normalized spacial score (nSPS) is 10.2. The van der Waals surface area contributed by atoms with E-state index in [1.165, 1.54) is 0 Å². The first-order chi connectivity index (χ1) is 8.60. The van der Waals surface area contributed by atoms with Crippen LogP contribution in [0.15, 0.2) is 39.4 Å². The first-order valence-electron chi connectivity index (χ1n) is 5.00. The number of ether oxygens (including phenoxy) is 1. The van der Waals surface area contributed by atoms with Crippen LogP contribution in [0.2, 0.25) is 5.02 Å². The molecule has 2 aromatic rings. The Labute approximate surface area is 117 Å². The van der Waals surface area contributed by atoms with Gasteiger partial charge in [0.1, 0.15) is 5.75 Å². The van der Waals surface area contributed by atoms with Crippen LogP contribution in [0, 0.1) is 0 Å². The quantitative estimate of drug-likeness (QED) is 0.927. The summed E-state index contributed by atoms with van der Waals surface area (Å²) in [6.45, 7) is 0. The van der Waals surface area contributed by atoms with E-state index in [0.29, 0.717) is 21.1 Å². The predicted octanol–water partition coefficient (Wildman–Crippen LogP) is 3.96. The average Bonchev–Trinajstić information content (AvgIpc) is 2.78. The zero-order chi connectivity index (χ0) is 13.1. The summed E-state index contributed by atoms with van der Waals surface area (Å²) in [4.78, 5) is 11.8. The Morgan fingerprint density at radius 1 is 1.39 bits per heavy atom. The smallest absolute Gasteiger partial charge is 0.291 e. The minimum Gasteiger partial charge on any atom is -0.497 e. The van der Waals surface area contributed by atoms with Gasteiger partial charge in [-0.25, -0.2) is 0 Å². The number of methoxy groups -OCH3 is 1. The number of carbonyl (C=O) groups excluding carboxylic acids is 1. The van der Waals surface area contributed by atoms with Crippen molar-refractivity contribution in [3.63, 3.8) is 0 Å². The van der Waals surface area contributed by atoms with E-state index in [0.717, 1.165) is 0 Å². The first-order valence-corrected chi connectivity index (χ1v) is 6.17. The van der Waals surface area contributed by atoms with E-state index >= 15 is 0 Å². The molecule has 0 radical (unpaired) electrons. The van der Waals surface area contributed by atoms with E-state index in [4.69, 9.17) is 20.8 Å². The van der Waals surface area contributed by atoms with Gasteiger partial charge >= 0.3 is 0 Å². The summed E-state index contributed by atoms with van der Waals surface area (Å²) < 4.78 is 10.7. The van der Waals surface area contributed by atoms with Gasteiger partial charge in [-0.3, -0.25) is 4.79 Å². The maximum Gasteiger partial charge on any atom is 0.291 e. The lowest BCUT2D eigenvalue weighted by Crippen LogP contribution is -2.11. The lowest BCUT2D eigenvalue weighted by Gasteiger charge is -2.07. The third kappa shape index (κ3) is 2.86. The summed E-state index contributed by atoms with van der Waals surface area (Å²) in [5.74, 6) is 0.459. The van der Waals surface area contributed by atoms with E-state index in [1.54, 1.807) is 37.4 Å². The zero-order valence-corrected chi connectivity index (χ0v) is 11.7. The molecule has 0 atom stereocenters. The zero-order valence-electron chi connectivity index (χ0n) is 9.37. The largest absolute Gasteiger partial charge is 0.497 e. The van der Waals surface area contributed by atoms with Gasteiger partial charge in [-0.1, -0.05) is 11.6 Å². The second-order valence-corrected chi connectivity index (χ2v) is 4.59. The molecule has 1 amide bonds. The van der Waals surface area contributed by atoms with Gasteiger partial charge in [-0.05, 0) is 40.2 Å². The van der Waals surface area contributed by atoms with Gasteiger partial charge in [0.2, 0.25) is 0 Å².